The monoisotopic (exact) mass is 899 g/mol. The van der Waals surface area contributed by atoms with E-state index in [-0.39, 0.29) is 36.7 Å². The Morgan fingerprint density at radius 3 is 2.14 bits per heavy atom. The summed E-state index contributed by atoms with van der Waals surface area (Å²) >= 11 is 6.12. The Bertz CT molecular complexity index is 2590. The van der Waals surface area contributed by atoms with Crippen LogP contribution in [0, 0.1) is 6.92 Å². The van der Waals surface area contributed by atoms with E-state index in [4.69, 9.17) is 21.1 Å². The summed E-state index contributed by atoms with van der Waals surface area (Å²) in [5.74, 6) is -0.437. The number of aliphatic hydroxyl groups excluding tert-OH is 1. The highest BCUT2D eigenvalue weighted by molar-refractivity contribution is 7.89. The molecule has 0 aromatic heterocycles. The van der Waals surface area contributed by atoms with E-state index in [0.29, 0.717) is 43.9 Å². The lowest BCUT2D eigenvalue weighted by atomic mass is 9.84. The van der Waals surface area contributed by atoms with E-state index >= 15 is 0 Å². The molecule has 12 heteroatoms. The Hall–Kier alpha value is -5.21. The number of hydrogen-bond donors (Lipinski definition) is 4. The second-order valence-electron chi connectivity index (χ2n) is 16.9. The van der Waals surface area contributed by atoms with Crippen LogP contribution in [0.1, 0.15) is 70.6 Å². The van der Waals surface area contributed by atoms with Crippen molar-refractivity contribution in [1.29, 1.82) is 0 Å². The van der Waals surface area contributed by atoms with Crippen LogP contribution in [0.2, 0.25) is 5.02 Å². The third-order valence-electron chi connectivity index (χ3n) is 12.3. The SMILES string of the molecule is Cc1ccc(S(=O)(=O)N[C@H](Cc2ccccc2)C(=O)NCc2ccccc2-c2ccc([C@@H]3O[C@H](CN4CCC(O)(c5ccc(Cl)cc5)CC4)C[C@H](c4ccc(CO)cc4)O3)cc2)cc1. The van der Waals surface area contributed by atoms with Gasteiger partial charge in [-0.3, -0.25) is 4.79 Å². The van der Waals surface area contributed by atoms with Gasteiger partial charge in [-0.05, 0) is 89.4 Å². The maximum atomic E-state index is 13.9. The lowest BCUT2D eigenvalue weighted by Gasteiger charge is -2.42. The van der Waals surface area contributed by atoms with E-state index in [1.165, 1.54) is 12.1 Å². The molecule has 64 heavy (non-hydrogen) atoms. The highest BCUT2D eigenvalue weighted by atomic mass is 35.5. The van der Waals surface area contributed by atoms with Crippen molar-refractivity contribution >= 4 is 27.5 Å². The van der Waals surface area contributed by atoms with Gasteiger partial charge in [0, 0.05) is 43.2 Å². The number of rotatable bonds is 15. The van der Waals surface area contributed by atoms with Crippen LogP contribution in [0.25, 0.3) is 11.1 Å². The minimum absolute atomic E-state index is 0.0375. The van der Waals surface area contributed by atoms with Crippen LogP contribution in [-0.2, 0) is 49.5 Å². The first-order valence-corrected chi connectivity index (χ1v) is 23.6. The number of hydrogen-bond acceptors (Lipinski definition) is 8. The van der Waals surface area contributed by atoms with Crippen molar-refractivity contribution in [2.24, 2.45) is 0 Å². The van der Waals surface area contributed by atoms with E-state index in [9.17, 15) is 23.4 Å². The first-order valence-electron chi connectivity index (χ1n) is 21.7. The second kappa shape index (κ2) is 20.3. The maximum absolute atomic E-state index is 13.9. The summed E-state index contributed by atoms with van der Waals surface area (Å²) in [6, 6.07) is 46.0. The van der Waals surface area contributed by atoms with Gasteiger partial charge < -0.3 is 29.9 Å². The number of sulfonamides is 1. The number of ether oxygens (including phenoxy) is 2. The van der Waals surface area contributed by atoms with Crippen molar-refractivity contribution in [2.75, 3.05) is 19.6 Å². The van der Waals surface area contributed by atoms with Crippen LogP contribution in [0.15, 0.2) is 157 Å². The summed E-state index contributed by atoms with van der Waals surface area (Å²) in [6.07, 6.45) is 0.965. The van der Waals surface area contributed by atoms with Crippen LogP contribution >= 0.6 is 11.6 Å². The largest absolute Gasteiger partial charge is 0.392 e. The Morgan fingerprint density at radius 2 is 1.45 bits per heavy atom. The Labute approximate surface area is 380 Å². The van der Waals surface area contributed by atoms with Crippen molar-refractivity contribution < 1.29 is 32.9 Å². The third-order valence-corrected chi connectivity index (χ3v) is 14.1. The number of aryl methyl sites for hydroxylation is 1. The maximum Gasteiger partial charge on any atom is 0.241 e. The Kier molecular flexibility index (Phi) is 14.4. The van der Waals surface area contributed by atoms with Crippen molar-refractivity contribution in [3.63, 3.8) is 0 Å². The zero-order valence-corrected chi connectivity index (χ0v) is 37.3. The Morgan fingerprint density at radius 1 is 0.797 bits per heavy atom. The van der Waals surface area contributed by atoms with Crippen molar-refractivity contribution in [1.82, 2.24) is 14.9 Å². The fourth-order valence-corrected chi connectivity index (χ4v) is 9.89. The van der Waals surface area contributed by atoms with E-state index in [1.54, 1.807) is 12.1 Å². The summed E-state index contributed by atoms with van der Waals surface area (Å²) in [7, 11) is -3.99. The second-order valence-corrected chi connectivity index (χ2v) is 19.0. The molecule has 0 spiro atoms. The number of aliphatic hydroxyl groups is 2. The number of amides is 1. The van der Waals surface area contributed by atoms with Crippen LogP contribution in [0.5, 0.6) is 0 Å². The average Bonchev–Trinajstić information content (AvgIpc) is 3.32. The topological polar surface area (TPSA) is 137 Å². The first kappa shape index (κ1) is 45.4. The number of benzene rings is 6. The standard InChI is InChI=1S/C52H54ClN3O7S/c1-36-11-25-46(26-12-36)64(60,61)55-48(31-37-7-3-2-4-8-37)50(58)54-33-42-9-5-6-10-47(42)39-17-19-41(20-18-39)51-62-45(32-49(63-51)40-15-13-38(35-57)14-16-40)34-56-29-27-52(59,28-30-56)43-21-23-44(53)24-22-43/h2-26,45,48-49,51,55,57,59H,27-35H2,1H3,(H,54,58)/t45-,48+,49+,51+/m0/s1. The van der Waals surface area contributed by atoms with Gasteiger partial charge in [0.25, 0.3) is 0 Å². The Balaban J connectivity index is 0.963. The zero-order valence-electron chi connectivity index (χ0n) is 35.8. The number of carbonyl (C=O) groups is 1. The molecule has 332 valence electrons. The van der Waals surface area contributed by atoms with Crippen LogP contribution < -0.4 is 10.0 Å². The predicted octanol–water partition coefficient (Wildman–Crippen LogP) is 8.54. The molecule has 10 nitrogen and oxygen atoms in total. The van der Waals surface area contributed by atoms with Gasteiger partial charge in [-0.1, -0.05) is 145 Å². The van der Waals surface area contributed by atoms with Gasteiger partial charge in [-0.2, -0.15) is 4.72 Å². The van der Waals surface area contributed by atoms with Gasteiger partial charge in [0.05, 0.1) is 29.3 Å². The fraction of sp³-hybridized carbons (Fsp3) is 0.288. The molecule has 0 radical (unpaired) electrons. The number of piperidine rings is 1. The minimum atomic E-state index is -3.99. The van der Waals surface area contributed by atoms with Crippen molar-refractivity contribution in [3.05, 3.63) is 196 Å². The zero-order chi connectivity index (χ0) is 44.7. The quantitative estimate of drug-likeness (QED) is 0.0806. The summed E-state index contributed by atoms with van der Waals surface area (Å²) < 4.78 is 43.0. The molecule has 2 heterocycles. The van der Waals surface area contributed by atoms with E-state index < -0.39 is 33.9 Å². The summed E-state index contributed by atoms with van der Waals surface area (Å²) in [5, 5.41) is 24.9. The number of carbonyl (C=O) groups excluding carboxylic acids is 1. The van der Waals surface area contributed by atoms with E-state index in [1.807, 2.05) is 134 Å². The highest BCUT2D eigenvalue weighted by Gasteiger charge is 2.37. The van der Waals surface area contributed by atoms with Crippen molar-refractivity contribution in [2.45, 2.75) is 80.8 Å². The van der Waals surface area contributed by atoms with E-state index in [2.05, 4.69) is 14.9 Å². The molecule has 6 aromatic carbocycles. The normalized spacial score (nSPS) is 19.5. The molecule has 4 N–H and O–H groups in total. The molecule has 4 atom stereocenters. The first-order chi connectivity index (χ1) is 30.9. The molecular weight excluding hydrogens is 846 g/mol. The number of nitrogens with zero attached hydrogens (tertiary/aromatic N) is 1. The van der Waals surface area contributed by atoms with Crippen LogP contribution in [0.4, 0.5) is 0 Å². The molecule has 2 aliphatic rings. The van der Waals surface area contributed by atoms with Crippen molar-refractivity contribution in [3.8, 4) is 11.1 Å². The van der Waals surface area contributed by atoms with Gasteiger partial charge in [0.1, 0.15) is 6.04 Å². The summed E-state index contributed by atoms with van der Waals surface area (Å²) in [4.78, 5) is 16.3. The molecule has 1 amide bonds. The number of nitrogens with one attached hydrogen (secondary N) is 2. The van der Waals surface area contributed by atoms with Gasteiger partial charge in [-0.15, -0.1) is 0 Å². The average molecular weight is 901 g/mol. The number of likely N-dealkylation sites (tertiary alicyclic amines) is 1. The van der Waals surface area contributed by atoms with Gasteiger partial charge in [-0.25, -0.2) is 8.42 Å². The molecule has 8 rings (SSSR count). The molecule has 0 aliphatic carbocycles. The van der Waals surface area contributed by atoms with Gasteiger partial charge in [0.15, 0.2) is 6.29 Å². The summed E-state index contributed by atoms with van der Waals surface area (Å²) in [5.41, 5.74) is 7.14. The molecule has 2 saturated heterocycles. The lowest BCUT2D eigenvalue weighted by Crippen LogP contribution is -2.47. The molecule has 0 unspecified atom stereocenters. The molecular formula is C52H54ClN3O7S. The van der Waals surface area contributed by atoms with Crippen LogP contribution in [-0.4, -0.2) is 61.2 Å². The lowest BCUT2D eigenvalue weighted by molar-refractivity contribution is -0.253. The molecule has 6 aromatic rings. The van der Waals surface area contributed by atoms with Gasteiger partial charge >= 0.3 is 0 Å². The molecule has 0 saturated carbocycles. The van der Waals surface area contributed by atoms with Gasteiger partial charge in [0.2, 0.25) is 15.9 Å². The molecule has 0 bridgehead atoms. The number of halogens is 1. The highest BCUT2D eigenvalue weighted by Crippen LogP contribution is 2.40. The molecule has 2 fully saturated rings. The molecule has 2 aliphatic heterocycles. The van der Waals surface area contributed by atoms with E-state index in [0.717, 1.165) is 50.1 Å². The fourth-order valence-electron chi connectivity index (χ4n) is 8.57. The van der Waals surface area contributed by atoms with Crippen LogP contribution in [0.3, 0.4) is 0 Å². The smallest absolute Gasteiger partial charge is 0.241 e. The third kappa shape index (κ3) is 11.2. The summed E-state index contributed by atoms with van der Waals surface area (Å²) in [6.45, 7) is 4.13. The minimum Gasteiger partial charge on any atom is -0.392 e. The predicted molar refractivity (Wildman–Crippen MR) is 249 cm³/mol.